The Balaban J connectivity index is 2.16. The first-order valence-electron chi connectivity index (χ1n) is 6.67. The van der Waals surface area contributed by atoms with Crippen molar-refractivity contribution in [2.45, 2.75) is 19.5 Å². The number of hydrogen-bond donors (Lipinski definition) is 1. The lowest BCUT2D eigenvalue weighted by molar-refractivity contribution is 0.671. The first-order chi connectivity index (χ1) is 9.70. The van der Waals surface area contributed by atoms with Gasteiger partial charge in [0.05, 0.1) is 17.1 Å². The third-order valence-electron chi connectivity index (χ3n) is 3.49. The number of nitrogens with zero attached hydrogens (tertiary/aromatic N) is 2. The molecule has 3 nitrogen and oxygen atoms in total. The van der Waals surface area contributed by atoms with Gasteiger partial charge < -0.3 is 10.3 Å². The van der Waals surface area contributed by atoms with E-state index in [4.69, 9.17) is 17.3 Å². The van der Waals surface area contributed by atoms with Gasteiger partial charge in [-0.3, -0.25) is 0 Å². The minimum atomic E-state index is -0.234. The molecule has 0 bridgehead atoms. The van der Waals surface area contributed by atoms with Gasteiger partial charge in [0.2, 0.25) is 0 Å². The van der Waals surface area contributed by atoms with Crippen LogP contribution < -0.4 is 5.73 Å². The summed E-state index contributed by atoms with van der Waals surface area (Å²) in [6.07, 6.45) is 0. The van der Waals surface area contributed by atoms with Crippen LogP contribution in [0.25, 0.3) is 11.0 Å². The molecule has 2 aromatic carbocycles. The van der Waals surface area contributed by atoms with Crippen LogP contribution in [0.2, 0.25) is 5.02 Å². The molecule has 0 aliphatic heterocycles. The Morgan fingerprint density at radius 1 is 1.20 bits per heavy atom. The van der Waals surface area contributed by atoms with Gasteiger partial charge in [-0.05, 0) is 30.7 Å². The molecule has 4 heteroatoms. The molecule has 1 atom stereocenters. The number of fused-ring (bicyclic) bond motifs is 1. The lowest BCUT2D eigenvalue weighted by Crippen LogP contribution is -2.17. The van der Waals surface area contributed by atoms with E-state index >= 15 is 0 Å². The molecular weight excluding hydrogens is 270 g/mol. The minimum absolute atomic E-state index is 0.234. The van der Waals surface area contributed by atoms with Crippen LogP contribution >= 0.6 is 11.6 Å². The van der Waals surface area contributed by atoms with Gasteiger partial charge >= 0.3 is 0 Å². The first-order valence-corrected chi connectivity index (χ1v) is 7.04. The number of nitrogens with two attached hydrogens (primary N) is 1. The Morgan fingerprint density at radius 2 is 1.95 bits per heavy atom. The highest BCUT2D eigenvalue weighted by molar-refractivity contribution is 6.31. The highest BCUT2D eigenvalue weighted by Crippen LogP contribution is 2.26. The van der Waals surface area contributed by atoms with Crippen LogP contribution in [0.5, 0.6) is 0 Å². The number of benzene rings is 2. The lowest BCUT2D eigenvalue weighted by atomic mass is 10.1. The monoisotopic (exact) mass is 285 g/mol. The summed E-state index contributed by atoms with van der Waals surface area (Å²) in [7, 11) is 0. The third-order valence-corrected chi connectivity index (χ3v) is 3.73. The molecule has 1 aromatic heterocycles. The number of rotatable bonds is 3. The van der Waals surface area contributed by atoms with E-state index in [1.165, 1.54) is 0 Å². The molecule has 0 aliphatic carbocycles. The largest absolute Gasteiger partial charge is 0.327 e. The maximum Gasteiger partial charge on any atom is 0.131 e. The average Bonchev–Trinajstić information content (AvgIpc) is 2.85. The van der Waals surface area contributed by atoms with Gasteiger partial charge in [-0.1, -0.05) is 41.9 Å². The van der Waals surface area contributed by atoms with Gasteiger partial charge in [0, 0.05) is 11.6 Å². The summed E-state index contributed by atoms with van der Waals surface area (Å²) in [5.41, 5.74) is 9.39. The van der Waals surface area contributed by atoms with Crippen LogP contribution in [0.3, 0.4) is 0 Å². The zero-order valence-corrected chi connectivity index (χ0v) is 12.0. The smallest absolute Gasteiger partial charge is 0.131 e. The van der Waals surface area contributed by atoms with Gasteiger partial charge in [0.1, 0.15) is 5.82 Å². The number of imidazole rings is 1. The van der Waals surface area contributed by atoms with Crippen LogP contribution in [-0.2, 0) is 6.54 Å². The van der Waals surface area contributed by atoms with E-state index in [9.17, 15) is 0 Å². The Labute approximate surface area is 123 Å². The van der Waals surface area contributed by atoms with Crippen molar-refractivity contribution < 1.29 is 0 Å². The molecule has 0 amide bonds. The summed E-state index contributed by atoms with van der Waals surface area (Å²) in [5, 5.41) is 0.715. The number of hydrogen-bond acceptors (Lipinski definition) is 2. The van der Waals surface area contributed by atoms with E-state index in [2.05, 4.69) is 16.5 Å². The molecule has 0 saturated heterocycles. The Hall–Kier alpha value is -1.84. The van der Waals surface area contributed by atoms with E-state index < -0.39 is 0 Å². The topological polar surface area (TPSA) is 43.8 Å². The second-order valence-corrected chi connectivity index (χ2v) is 5.17. The van der Waals surface area contributed by atoms with Crippen molar-refractivity contribution in [2.24, 2.45) is 5.73 Å². The fourth-order valence-electron chi connectivity index (χ4n) is 2.49. The second kappa shape index (κ2) is 5.27. The lowest BCUT2D eigenvalue weighted by Gasteiger charge is -2.13. The summed E-state index contributed by atoms with van der Waals surface area (Å²) in [4.78, 5) is 4.68. The van der Waals surface area contributed by atoms with E-state index in [-0.39, 0.29) is 6.04 Å². The fourth-order valence-corrected chi connectivity index (χ4v) is 2.66. The standard InChI is InChI=1S/C16H16ClN3/c1-2-20-14-10-12(17)8-9-13(14)19-16(20)15(18)11-6-4-3-5-7-11/h3-10,15H,2,18H2,1H3. The maximum atomic E-state index is 6.38. The molecule has 2 N–H and O–H groups in total. The number of aromatic nitrogens is 2. The molecule has 3 rings (SSSR count). The Kier molecular flexibility index (Phi) is 3.47. The zero-order valence-electron chi connectivity index (χ0n) is 11.3. The van der Waals surface area contributed by atoms with Gasteiger partial charge in [-0.25, -0.2) is 4.98 Å². The van der Waals surface area contributed by atoms with Crippen molar-refractivity contribution in [1.82, 2.24) is 9.55 Å². The summed E-state index contributed by atoms with van der Waals surface area (Å²) in [5.74, 6) is 0.871. The van der Waals surface area contributed by atoms with Crippen LogP contribution in [0, 0.1) is 0 Å². The SMILES string of the molecule is CCn1c(C(N)c2ccccc2)nc2ccc(Cl)cc21. The van der Waals surface area contributed by atoms with Crippen LogP contribution in [0.4, 0.5) is 0 Å². The molecule has 102 valence electrons. The summed E-state index contributed by atoms with van der Waals surface area (Å²) >= 11 is 6.08. The zero-order chi connectivity index (χ0) is 14.1. The van der Waals surface area contributed by atoms with Crippen molar-refractivity contribution in [2.75, 3.05) is 0 Å². The summed E-state index contributed by atoms with van der Waals surface area (Å²) < 4.78 is 2.12. The number of halogens is 1. The summed E-state index contributed by atoms with van der Waals surface area (Å²) in [6.45, 7) is 2.90. The predicted octanol–water partition coefficient (Wildman–Crippen LogP) is 3.76. The van der Waals surface area contributed by atoms with E-state index in [0.29, 0.717) is 5.02 Å². The van der Waals surface area contributed by atoms with Crippen molar-refractivity contribution in [3.05, 3.63) is 64.9 Å². The molecular formula is C16H16ClN3. The molecule has 0 fully saturated rings. The van der Waals surface area contributed by atoms with Crippen molar-refractivity contribution >= 4 is 22.6 Å². The molecule has 1 unspecified atom stereocenters. The molecule has 3 aromatic rings. The summed E-state index contributed by atoms with van der Waals surface area (Å²) in [6, 6.07) is 15.5. The van der Waals surface area contributed by atoms with Crippen LogP contribution in [-0.4, -0.2) is 9.55 Å². The predicted molar refractivity (Wildman–Crippen MR) is 82.9 cm³/mol. The Morgan fingerprint density at radius 3 is 2.65 bits per heavy atom. The van der Waals surface area contributed by atoms with Crippen molar-refractivity contribution in [3.8, 4) is 0 Å². The average molecular weight is 286 g/mol. The van der Waals surface area contributed by atoms with Crippen molar-refractivity contribution in [1.29, 1.82) is 0 Å². The van der Waals surface area contributed by atoms with E-state index in [0.717, 1.165) is 29.0 Å². The van der Waals surface area contributed by atoms with Gasteiger partial charge in [-0.15, -0.1) is 0 Å². The molecule has 0 saturated carbocycles. The van der Waals surface area contributed by atoms with Crippen molar-refractivity contribution in [3.63, 3.8) is 0 Å². The van der Waals surface area contributed by atoms with Gasteiger partial charge in [0.15, 0.2) is 0 Å². The third kappa shape index (κ3) is 2.19. The molecule has 0 spiro atoms. The van der Waals surface area contributed by atoms with Gasteiger partial charge in [-0.2, -0.15) is 0 Å². The normalized spacial score (nSPS) is 12.8. The molecule has 20 heavy (non-hydrogen) atoms. The first kappa shape index (κ1) is 13.2. The van der Waals surface area contributed by atoms with Gasteiger partial charge in [0.25, 0.3) is 0 Å². The minimum Gasteiger partial charge on any atom is -0.327 e. The second-order valence-electron chi connectivity index (χ2n) is 4.74. The quantitative estimate of drug-likeness (QED) is 0.796. The number of aryl methyl sites for hydroxylation is 1. The van der Waals surface area contributed by atoms with Crippen LogP contribution in [0.15, 0.2) is 48.5 Å². The molecule has 0 aliphatic rings. The van der Waals surface area contributed by atoms with Crippen LogP contribution in [0.1, 0.15) is 24.4 Å². The highest BCUT2D eigenvalue weighted by Gasteiger charge is 2.17. The Bertz CT molecular complexity index is 734. The highest BCUT2D eigenvalue weighted by atomic mass is 35.5. The molecule has 0 radical (unpaired) electrons. The van der Waals surface area contributed by atoms with E-state index in [1.807, 2.05) is 48.5 Å². The maximum absolute atomic E-state index is 6.38. The fraction of sp³-hybridized carbons (Fsp3) is 0.188. The molecule has 1 heterocycles. The van der Waals surface area contributed by atoms with E-state index in [1.54, 1.807) is 0 Å².